The van der Waals surface area contributed by atoms with Gasteiger partial charge < -0.3 is 18.6 Å². The van der Waals surface area contributed by atoms with Gasteiger partial charge in [0.15, 0.2) is 29.6 Å². The van der Waals surface area contributed by atoms with E-state index in [9.17, 15) is 9.18 Å². The molecule has 3 aromatic rings. The van der Waals surface area contributed by atoms with Crippen LogP contribution in [0.3, 0.4) is 0 Å². The maximum Gasteiger partial charge on any atom is 0.275 e. The van der Waals surface area contributed by atoms with Gasteiger partial charge in [-0.2, -0.15) is 0 Å². The molecule has 0 atom stereocenters. The quantitative estimate of drug-likeness (QED) is 0.683. The monoisotopic (exact) mass is 345 g/mol. The highest BCUT2D eigenvalue weighted by Crippen LogP contribution is 2.17. The van der Waals surface area contributed by atoms with Crippen molar-refractivity contribution in [1.29, 1.82) is 0 Å². The number of carbonyl (C=O) groups excluding carboxylic acids is 1. The Morgan fingerprint density at radius 1 is 1.36 bits per heavy atom. The Kier molecular flexibility index (Phi) is 4.78. The van der Waals surface area contributed by atoms with E-state index in [4.69, 9.17) is 13.7 Å². The number of hydrogen-bond donors (Lipinski definition) is 0. The van der Waals surface area contributed by atoms with Crippen LogP contribution < -0.4 is 4.74 Å². The predicted molar refractivity (Wildman–Crippen MR) is 84.3 cm³/mol. The Morgan fingerprint density at radius 2 is 2.16 bits per heavy atom. The average Bonchev–Trinajstić information content (AvgIpc) is 3.22. The molecule has 0 saturated heterocycles. The van der Waals surface area contributed by atoms with Gasteiger partial charge in [-0.05, 0) is 19.1 Å². The third kappa shape index (κ3) is 4.03. The maximum absolute atomic E-state index is 13.5. The van der Waals surface area contributed by atoms with Gasteiger partial charge in [-0.3, -0.25) is 4.79 Å². The smallest absolute Gasteiger partial charge is 0.275 e. The molecule has 1 amide bonds. The molecule has 0 radical (unpaired) electrons. The second-order valence-corrected chi connectivity index (χ2v) is 5.44. The van der Waals surface area contributed by atoms with E-state index in [0.717, 1.165) is 5.69 Å². The molecular weight excluding hydrogens is 329 g/mol. The second-order valence-electron chi connectivity index (χ2n) is 5.44. The Hall–Kier alpha value is -3.16. The van der Waals surface area contributed by atoms with Crippen molar-refractivity contribution in [3.63, 3.8) is 0 Å². The van der Waals surface area contributed by atoms with Crippen LogP contribution in [0.1, 0.15) is 27.8 Å². The number of carbonyl (C=O) groups is 1. The summed E-state index contributed by atoms with van der Waals surface area (Å²) in [6.45, 7) is 1.97. The van der Waals surface area contributed by atoms with Gasteiger partial charge in [-0.25, -0.2) is 9.37 Å². The van der Waals surface area contributed by atoms with Gasteiger partial charge in [0.2, 0.25) is 5.89 Å². The number of hydrogen-bond acceptors (Lipinski definition) is 6. The zero-order valence-electron chi connectivity index (χ0n) is 13.7. The first kappa shape index (κ1) is 16.7. The van der Waals surface area contributed by atoms with Crippen molar-refractivity contribution in [2.24, 2.45) is 0 Å². The van der Waals surface area contributed by atoms with Crippen molar-refractivity contribution in [3.05, 3.63) is 65.5 Å². The van der Waals surface area contributed by atoms with E-state index in [2.05, 4.69) is 10.1 Å². The van der Waals surface area contributed by atoms with Gasteiger partial charge in [0.25, 0.3) is 5.91 Å². The summed E-state index contributed by atoms with van der Waals surface area (Å²) in [5, 5.41) is 3.77. The minimum atomic E-state index is -0.479. The molecule has 7 nitrogen and oxygen atoms in total. The lowest BCUT2D eigenvalue weighted by Crippen LogP contribution is -2.26. The predicted octanol–water partition coefficient (Wildman–Crippen LogP) is 2.96. The molecule has 0 aliphatic heterocycles. The minimum Gasteiger partial charge on any atom is -0.481 e. The maximum atomic E-state index is 13.5. The van der Waals surface area contributed by atoms with Crippen molar-refractivity contribution < 1.29 is 22.9 Å². The average molecular weight is 345 g/mol. The molecule has 0 N–H and O–H groups in total. The minimum absolute atomic E-state index is 0.0841. The summed E-state index contributed by atoms with van der Waals surface area (Å²) < 4.78 is 29.1. The summed E-state index contributed by atoms with van der Waals surface area (Å²) in [4.78, 5) is 17.8. The number of oxazole rings is 1. The van der Waals surface area contributed by atoms with Crippen molar-refractivity contribution >= 4 is 5.91 Å². The summed E-state index contributed by atoms with van der Waals surface area (Å²) >= 11 is 0. The first-order valence-corrected chi connectivity index (χ1v) is 7.52. The van der Waals surface area contributed by atoms with Crippen molar-refractivity contribution in [2.75, 3.05) is 7.05 Å². The molecule has 25 heavy (non-hydrogen) atoms. The molecule has 1 aromatic carbocycles. The molecule has 0 aliphatic carbocycles. The molecule has 0 unspecified atom stereocenters. The Morgan fingerprint density at radius 3 is 2.88 bits per heavy atom. The standard InChI is InChI=1S/C17H16FN3O4/c1-11-7-12(25-20-11)8-21(2)17(22)14-9-24-16(19-14)10-23-15-6-4-3-5-13(15)18/h3-7,9H,8,10H2,1-2H3. The molecule has 2 aromatic heterocycles. The fourth-order valence-corrected chi connectivity index (χ4v) is 2.17. The first-order chi connectivity index (χ1) is 12.0. The zero-order chi connectivity index (χ0) is 17.8. The van der Waals surface area contributed by atoms with Gasteiger partial charge in [-0.15, -0.1) is 0 Å². The van der Waals surface area contributed by atoms with Crippen LogP contribution >= 0.6 is 0 Å². The molecule has 0 fully saturated rings. The summed E-state index contributed by atoms with van der Waals surface area (Å²) in [5.74, 6) is 0.0178. The van der Waals surface area contributed by atoms with E-state index in [-0.39, 0.29) is 36.4 Å². The molecular formula is C17H16FN3O4. The number of halogens is 1. The largest absolute Gasteiger partial charge is 0.481 e. The summed E-state index contributed by atoms with van der Waals surface area (Å²) in [7, 11) is 1.62. The number of nitrogens with zero attached hydrogens (tertiary/aromatic N) is 3. The molecule has 0 bridgehead atoms. The van der Waals surface area contributed by atoms with E-state index in [1.165, 1.54) is 23.3 Å². The van der Waals surface area contributed by atoms with Crippen LogP contribution in [0.2, 0.25) is 0 Å². The third-order valence-electron chi connectivity index (χ3n) is 3.38. The number of aryl methyl sites for hydroxylation is 1. The van der Waals surface area contributed by atoms with Crippen molar-refractivity contribution in [3.8, 4) is 5.75 Å². The third-order valence-corrected chi connectivity index (χ3v) is 3.38. The number of aromatic nitrogens is 2. The highest BCUT2D eigenvalue weighted by molar-refractivity contribution is 5.91. The SMILES string of the molecule is Cc1cc(CN(C)C(=O)c2coc(COc3ccccc3F)n2)on1. The van der Waals surface area contributed by atoms with Gasteiger partial charge in [-0.1, -0.05) is 17.3 Å². The van der Waals surface area contributed by atoms with Crippen LogP contribution in [0.4, 0.5) is 4.39 Å². The highest BCUT2D eigenvalue weighted by atomic mass is 19.1. The summed E-state index contributed by atoms with van der Waals surface area (Å²) in [6.07, 6.45) is 1.24. The van der Waals surface area contributed by atoms with E-state index < -0.39 is 5.82 Å². The van der Waals surface area contributed by atoms with E-state index in [1.54, 1.807) is 32.2 Å². The van der Waals surface area contributed by atoms with Gasteiger partial charge in [0.1, 0.15) is 6.26 Å². The Balaban J connectivity index is 1.60. The van der Waals surface area contributed by atoms with Crippen LogP contribution in [0.25, 0.3) is 0 Å². The van der Waals surface area contributed by atoms with Crippen LogP contribution in [-0.4, -0.2) is 28.0 Å². The Labute approximate surface area is 143 Å². The number of ether oxygens (including phenoxy) is 1. The topological polar surface area (TPSA) is 81.6 Å². The molecule has 0 spiro atoms. The number of rotatable bonds is 6. The van der Waals surface area contributed by atoms with Gasteiger partial charge >= 0.3 is 0 Å². The lowest BCUT2D eigenvalue weighted by atomic mass is 10.3. The van der Waals surface area contributed by atoms with Gasteiger partial charge in [0, 0.05) is 13.1 Å². The first-order valence-electron chi connectivity index (χ1n) is 7.52. The normalized spacial score (nSPS) is 10.7. The molecule has 130 valence electrons. The molecule has 8 heteroatoms. The highest BCUT2D eigenvalue weighted by Gasteiger charge is 2.18. The summed E-state index contributed by atoms with van der Waals surface area (Å²) in [6, 6.07) is 7.76. The van der Waals surface area contributed by atoms with Crippen molar-refractivity contribution in [1.82, 2.24) is 15.0 Å². The number of benzene rings is 1. The zero-order valence-corrected chi connectivity index (χ0v) is 13.7. The van der Waals surface area contributed by atoms with Crippen LogP contribution in [0, 0.1) is 12.7 Å². The Bertz CT molecular complexity index is 874. The second kappa shape index (κ2) is 7.16. The molecule has 2 heterocycles. The van der Waals surface area contributed by atoms with E-state index in [0.29, 0.717) is 5.76 Å². The summed E-state index contributed by atoms with van der Waals surface area (Å²) in [5.41, 5.74) is 0.871. The van der Waals surface area contributed by atoms with Gasteiger partial charge in [0.05, 0.1) is 12.2 Å². The molecule has 3 rings (SSSR count). The fraction of sp³-hybridized carbons (Fsp3) is 0.235. The number of para-hydroxylation sites is 1. The van der Waals surface area contributed by atoms with E-state index >= 15 is 0 Å². The van der Waals surface area contributed by atoms with Crippen LogP contribution in [0.15, 0.2) is 45.5 Å². The fourth-order valence-electron chi connectivity index (χ4n) is 2.17. The van der Waals surface area contributed by atoms with Crippen LogP contribution in [0.5, 0.6) is 5.75 Å². The lowest BCUT2D eigenvalue weighted by molar-refractivity contribution is 0.0766. The molecule has 0 aliphatic rings. The number of amides is 1. The lowest BCUT2D eigenvalue weighted by Gasteiger charge is -2.12. The molecule has 0 saturated carbocycles. The van der Waals surface area contributed by atoms with Crippen molar-refractivity contribution in [2.45, 2.75) is 20.1 Å². The van der Waals surface area contributed by atoms with Crippen LogP contribution in [-0.2, 0) is 13.2 Å². The van der Waals surface area contributed by atoms with E-state index in [1.807, 2.05) is 0 Å².